The smallest absolute Gasteiger partial charge is 0.144 e. The summed E-state index contributed by atoms with van der Waals surface area (Å²) in [7, 11) is 0. The Morgan fingerprint density at radius 2 is 0.947 bits per heavy atom. The van der Waals surface area contributed by atoms with Crippen molar-refractivity contribution in [2.24, 2.45) is 0 Å². The summed E-state index contributed by atoms with van der Waals surface area (Å²) in [5, 5.41) is 24.4. The standard InChI is InChI=1S/C54H30N2O/c55-31-32-22-24-34(25-23-32)47-38-16-6-8-18-40(38)48(41-19-9-7-17-39(41)47)36-26-28-44-45(30-36)56-53(35-13-2-1-3-14-35)50-42-20-10-11-21-43(42)51-49-37-15-5-4-12-33(37)27-29-46(49)57-54(51)52(44)50/h1-30H. The average Bonchev–Trinajstić information content (AvgIpc) is 3.68. The van der Waals surface area contributed by atoms with E-state index in [4.69, 9.17) is 9.40 Å². The third-order valence-corrected chi connectivity index (χ3v) is 11.8. The maximum atomic E-state index is 9.53. The van der Waals surface area contributed by atoms with E-state index < -0.39 is 0 Å². The first-order valence-corrected chi connectivity index (χ1v) is 19.3. The van der Waals surface area contributed by atoms with Gasteiger partial charge in [-0.15, -0.1) is 0 Å². The number of hydrogen-bond acceptors (Lipinski definition) is 3. The van der Waals surface area contributed by atoms with Crippen LogP contribution >= 0.6 is 0 Å². The van der Waals surface area contributed by atoms with Crippen LogP contribution in [0.2, 0.25) is 0 Å². The van der Waals surface area contributed by atoms with Crippen molar-refractivity contribution in [3.63, 3.8) is 0 Å². The van der Waals surface area contributed by atoms with Crippen molar-refractivity contribution in [3.8, 4) is 39.6 Å². The number of aromatic nitrogens is 1. The summed E-state index contributed by atoms with van der Waals surface area (Å²) in [4.78, 5) is 5.59. The van der Waals surface area contributed by atoms with Crippen LogP contribution < -0.4 is 0 Å². The van der Waals surface area contributed by atoms with Gasteiger partial charge in [0.2, 0.25) is 0 Å². The summed E-state index contributed by atoms with van der Waals surface area (Å²) < 4.78 is 7.04. The molecule has 3 heteroatoms. The lowest BCUT2D eigenvalue weighted by molar-refractivity contribution is 0.673. The van der Waals surface area contributed by atoms with Crippen molar-refractivity contribution < 1.29 is 4.42 Å². The summed E-state index contributed by atoms with van der Waals surface area (Å²) in [6, 6.07) is 66.5. The Kier molecular flexibility index (Phi) is 6.70. The van der Waals surface area contributed by atoms with Crippen LogP contribution in [0.25, 0.3) is 120 Å². The Balaban J connectivity index is 1.23. The molecule has 57 heavy (non-hydrogen) atoms. The molecule has 0 saturated carbocycles. The van der Waals surface area contributed by atoms with Crippen LogP contribution in [0.1, 0.15) is 5.56 Å². The van der Waals surface area contributed by atoms with Crippen molar-refractivity contribution in [1.82, 2.24) is 4.98 Å². The van der Waals surface area contributed by atoms with E-state index in [1.54, 1.807) is 0 Å². The quantitative estimate of drug-likeness (QED) is 0.135. The molecule has 2 heterocycles. The Bertz CT molecular complexity index is 3630. The Labute approximate surface area is 327 Å². The molecule has 262 valence electrons. The molecule has 0 aliphatic rings. The van der Waals surface area contributed by atoms with Crippen LogP contribution in [0.4, 0.5) is 0 Å². The number of fused-ring (bicyclic) bond motifs is 14. The Hall–Kier alpha value is -7.80. The molecular formula is C54H30N2O. The number of pyridine rings is 1. The predicted octanol–water partition coefficient (Wildman–Crippen LogP) is 14.8. The monoisotopic (exact) mass is 722 g/mol. The van der Waals surface area contributed by atoms with E-state index in [1.165, 1.54) is 16.3 Å². The molecule has 0 radical (unpaired) electrons. The van der Waals surface area contributed by atoms with Gasteiger partial charge in [0.05, 0.1) is 22.8 Å². The topological polar surface area (TPSA) is 49.8 Å². The second kappa shape index (κ2) is 12.1. The number of benzene rings is 10. The SMILES string of the molecule is N#Cc1ccc(-c2c3ccccc3c(-c3ccc4c(c3)nc(-c3ccccc3)c3c5ccccc5c5c(oc6ccc7ccccc7c65)c43)c3ccccc23)cc1. The van der Waals surface area contributed by atoms with Crippen molar-refractivity contribution in [2.75, 3.05) is 0 Å². The van der Waals surface area contributed by atoms with Crippen LogP contribution in [0.15, 0.2) is 186 Å². The highest BCUT2D eigenvalue weighted by atomic mass is 16.3. The molecule has 10 aromatic carbocycles. The Morgan fingerprint density at radius 1 is 0.404 bits per heavy atom. The second-order valence-electron chi connectivity index (χ2n) is 14.9. The van der Waals surface area contributed by atoms with Gasteiger partial charge < -0.3 is 4.42 Å². The molecule has 0 N–H and O–H groups in total. The Morgan fingerprint density at radius 3 is 1.61 bits per heavy atom. The summed E-state index contributed by atoms with van der Waals surface area (Å²) >= 11 is 0. The minimum atomic E-state index is 0.649. The fourth-order valence-electron chi connectivity index (χ4n) is 9.41. The molecular weight excluding hydrogens is 693 g/mol. The zero-order valence-electron chi connectivity index (χ0n) is 30.6. The molecule has 0 fully saturated rings. The number of nitrogens with zero attached hydrogens (tertiary/aromatic N) is 2. The van der Waals surface area contributed by atoms with Crippen molar-refractivity contribution in [1.29, 1.82) is 5.26 Å². The van der Waals surface area contributed by atoms with E-state index in [-0.39, 0.29) is 0 Å². The van der Waals surface area contributed by atoms with Gasteiger partial charge in [-0.1, -0.05) is 158 Å². The molecule has 0 bridgehead atoms. The average molecular weight is 723 g/mol. The zero-order chi connectivity index (χ0) is 37.6. The highest BCUT2D eigenvalue weighted by Gasteiger charge is 2.24. The summed E-state index contributed by atoms with van der Waals surface area (Å²) in [6.45, 7) is 0. The third-order valence-electron chi connectivity index (χ3n) is 11.8. The van der Waals surface area contributed by atoms with Gasteiger partial charge in [0.15, 0.2) is 0 Å². The van der Waals surface area contributed by atoms with E-state index in [9.17, 15) is 5.26 Å². The molecule has 2 aromatic heterocycles. The van der Waals surface area contributed by atoms with Crippen LogP contribution in [-0.4, -0.2) is 4.98 Å². The third kappa shape index (κ3) is 4.56. The van der Waals surface area contributed by atoms with Crippen molar-refractivity contribution in [2.45, 2.75) is 0 Å². The van der Waals surface area contributed by atoms with Gasteiger partial charge in [-0.05, 0) is 89.6 Å². The van der Waals surface area contributed by atoms with Gasteiger partial charge >= 0.3 is 0 Å². The lowest BCUT2D eigenvalue weighted by Gasteiger charge is -2.18. The minimum absolute atomic E-state index is 0.649. The fourth-order valence-corrected chi connectivity index (χ4v) is 9.41. The number of hydrogen-bond donors (Lipinski definition) is 0. The van der Waals surface area contributed by atoms with Crippen LogP contribution in [0.3, 0.4) is 0 Å². The van der Waals surface area contributed by atoms with Crippen molar-refractivity contribution >= 4 is 86.7 Å². The molecule has 0 aliphatic carbocycles. The van der Waals surface area contributed by atoms with Crippen LogP contribution in [-0.2, 0) is 0 Å². The van der Waals surface area contributed by atoms with Crippen LogP contribution in [0, 0.1) is 11.3 Å². The minimum Gasteiger partial charge on any atom is -0.455 e. The molecule has 0 amide bonds. The maximum absolute atomic E-state index is 9.53. The lowest BCUT2D eigenvalue weighted by Crippen LogP contribution is -1.94. The van der Waals surface area contributed by atoms with Crippen LogP contribution in [0.5, 0.6) is 0 Å². The largest absolute Gasteiger partial charge is 0.455 e. The highest BCUT2D eigenvalue weighted by Crippen LogP contribution is 2.49. The van der Waals surface area contributed by atoms with Gasteiger partial charge in [0, 0.05) is 32.5 Å². The zero-order valence-corrected chi connectivity index (χ0v) is 30.6. The summed E-state index contributed by atoms with van der Waals surface area (Å²) in [5.41, 5.74) is 9.83. The van der Waals surface area contributed by atoms with Crippen molar-refractivity contribution in [3.05, 3.63) is 188 Å². The predicted molar refractivity (Wildman–Crippen MR) is 238 cm³/mol. The first-order chi connectivity index (χ1) is 28.2. The molecule has 0 unspecified atom stereocenters. The molecule has 12 aromatic rings. The molecule has 12 rings (SSSR count). The molecule has 0 atom stereocenters. The second-order valence-corrected chi connectivity index (χ2v) is 14.9. The highest BCUT2D eigenvalue weighted by molar-refractivity contribution is 6.38. The maximum Gasteiger partial charge on any atom is 0.144 e. The fraction of sp³-hybridized carbons (Fsp3) is 0. The lowest BCUT2D eigenvalue weighted by atomic mass is 9.85. The van der Waals surface area contributed by atoms with Gasteiger partial charge in [-0.3, -0.25) is 0 Å². The van der Waals surface area contributed by atoms with E-state index in [0.717, 1.165) is 104 Å². The summed E-state index contributed by atoms with van der Waals surface area (Å²) in [6.07, 6.45) is 0. The normalized spacial score (nSPS) is 11.8. The first kappa shape index (κ1) is 31.5. The van der Waals surface area contributed by atoms with E-state index >= 15 is 0 Å². The molecule has 3 nitrogen and oxygen atoms in total. The van der Waals surface area contributed by atoms with E-state index in [0.29, 0.717) is 5.56 Å². The van der Waals surface area contributed by atoms with E-state index in [1.807, 2.05) is 12.1 Å². The number of rotatable bonds is 3. The molecule has 0 aliphatic heterocycles. The van der Waals surface area contributed by atoms with Gasteiger partial charge in [0.1, 0.15) is 11.2 Å². The number of nitriles is 1. The molecule has 0 saturated heterocycles. The molecule has 0 spiro atoms. The van der Waals surface area contributed by atoms with Gasteiger partial charge in [0.25, 0.3) is 0 Å². The first-order valence-electron chi connectivity index (χ1n) is 19.3. The van der Waals surface area contributed by atoms with Gasteiger partial charge in [-0.2, -0.15) is 5.26 Å². The van der Waals surface area contributed by atoms with E-state index in [2.05, 4.69) is 176 Å². The summed E-state index contributed by atoms with van der Waals surface area (Å²) in [5.74, 6) is 0. The van der Waals surface area contributed by atoms with Gasteiger partial charge in [-0.25, -0.2) is 4.98 Å². The number of furan rings is 1.